The Morgan fingerprint density at radius 2 is 1.62 bits per heavy atom. The van der Waals surface area contributed by atoms with Gasteiger partial charge in [-0.05, 0) is 24.0 Å². The Bertz CT molecular complexity index is 354. The summed E-state index contributed by atoms with van der Waals surface area (Å²) < 4.78 is -3.35. The van der Waals surface area contributed by atoms with E-state index in [0.717, 1.165) is 12.0 Å². The normalized spacial score (nSPS) is 12.9. The molecule has 16 heavy (non-hydrogen) atoms. The van der Waals surface area contributed by atoms with Crippen LogP contribution in [0.1, 0.15) is 24.5 Å². The molecule has 0 aliphatic carbocycles. The summed E-state index contributed by atoms with van der Waals surface area (Å²) in [6, 6.07) is 7.32. The molecule has 0 heterocycles. The summed E-state index contributed by atoms with van der Waals surface area (Å²) in [6.45, 7) is 2.01. The van der Waals surface area contributed by atoms with E-state index in [0.29, 0.717) is 5.56 Å². The molecule has 0 aromatic heterocycles. The van der Waals surface area contributed by atoms with Crippen LogP contribution in [0.15, 0.2) is 24.3 Å². The molecular formula is C11H10Cl5. The van der Waals surface area contributed by atoms with Gasteiger partial charge in [0.2, 0.25) is 3.79 Å². The van der Waals surface area contributed by atoms with Gasteiger partial charge in [0.05, 0.1) is 0 Å². The number of rotatable bonds is 3. The summed E-state index contributed by atoms with van der Waals surface area (Å²) in [5.74, 6) is 0. The highest BCUT2D eigenvalue weighted by atomic mass is 35.6. The van der Waals surface area contributed by atoms with Gasteiger partial charge in [0.1, 0.15) is 0 Å². The van der Waals surface area contributed by atoms with Crippen LogP contribution in [-0.4, -0.2) is 3.79 Å². The molecule has 1 aromatic rings. The lowest BCUT2D eigenvalue weighted by atomic mass is 10.0. The number of hydrogen-bond donors (Lipinski definition) is 0. The van der Waals surface area contributed by atoms with Gasteiger partial charge in [0.15, 0.2) is 4.33 Å². The van der Waals surface area contributed by atoms with Crippen molar-refractivity contribution in [1.82, 2.24) is 0 Å². The van der Waals surface area contributed by atoms with Crippen LogP contribution in [0.4, 0.5) is 0 Å². The van der Waals surface area contributed by atoms with Gasteiger partial charge < -0.3 is 0 Å². The molecule has 1 rings (SSSR count). The molecule has 0 fully saturated rings. The van der Waals surface area contributed by atoms with E-state index >= 15 is 0 Å². The fourth-order valence-corrected chi connectivity index (χ4v) is 1.98. The molecule has 0 bridgehead atoms. The maximum atomic E-state index is 6.13. The predicted molar refractivity (Wildman–Crippen MR) is 73.8 cm³/mol. The Morgan fingerprint density at radius 3 is 2.12 bits per heavy atom. The number of alkyl halides is 5. The molecule has 0 amide bonds. The van der Waals surface area contributed by atoms with Crippen LogP contribution in [0.3, 0.4) is 0 Å². The first-order valence-electron chi connectivity index (χ1n) is 4.68. The highest BCUT2D eigenvalue weighted by Gasteiger charge is 2.48. The van der Waals surface area contributed by atoms with Crippen LogP contribution >= 0.6 is 58.0 Å². The molecule has 0 atom stereocenters. The average molecular weight is 319 g/mol. The fraction of sp³-hybridized carbons (Fsp3) is 0.364. The van der Waals surface area contributed by atoms with E-state index in [2.05, 4.69) is 0 Å². The number of benzene rings is 1. The standard InChI is InChI=1S/C11H10Cl5/c1-2-5-8-6-3-4-7-9(8)10(12,13)11(14,15)16/h3-7H,2H2,1H3. The molecule has 0 aliphatic rings. The Labute approximate surface area is 121 Å². The van der Waals surface area contributed by atoms with Gasteiger partial charge >= 0.3 is 0 Å². The first kappa shape index (κ1) is 14.7. The van der Waals surface area contributed by atoms with Crippen molar-refractivity contribution in [3.8, 4) is 0 Å². The lowest BCUT2D eigenvalue weighted by molar-refractivity contribution is 0.865. The van der Waals surface area contributed by atoms with E-state index in [1.165, 1.54) is 0 Å². The predicted octanol–water partition coefficient (Wildman–Crippen LogP) is 5.65. The molecule has 0 aliphatic heterocycles. The van der Waals surface area contributed by atoms with E-state index in [9.17, 15) is 0 Å². The van der Waals surface area contributed by atoms with Crippen molar-refractivity contribution in [1.29, 1.82) is 0 Å². The van der Waals surface area contributed by atoms with Gasteiger partial charge in [0.25, 0.3) is 0 Å². The highest BCUT2D eigenvalue weighted by molar-refractivity contribution is 6.75. The van der Waals surface area contributed by atoms with E-state index in [-0.39, 0.29) is 0 Å². The van der Waals surface area contributed by atoms with Gasteiger partial charge in [-0.2, -0.15) is 0 Å². The zero-order valence-electron chi connectivity index (χ0n) is 8.48. The van der Waals surface area contributed by atoms with Crippen molar-refractivity contribution >= 4 is 58.0 Å². The van der Waals surface area contributed by atoms with Crippen molar-refractivity contribution in [2.75, 3.05) is 0 Å². The smallest absolute Gasteiger partial charge is 0.0915 e. The van der Waals surface area contributed by atoms with Crippen LogP contribution in [-0.2, 0) is 4.33 Å². The van der Waals surface area contributed by atoms with E-state index in [1.54, 1.807) is 12.1 Å². The molecule has 5 heteroatoms. The van der Waals surface area contributed by atoms with Crippen LogP contribution in [0.25, 0.3) is 0 Å². The molecule has 89 valence electrons. The Kier molecular flexibility index (Phi) is 5.10. The average Bonchev–Trinajstić information content (AvgIpc) is 2.17. The SMILES string of the molecule is CC[CH]c1ccccc1C(Cl)(Cl)C(Cl)(Cl)Cl. The highest BCUT2D eigenvalue weighted by Crippen LogP contribution is 2.53. The van der Waals surface area contributed by atoms with Crippen molar-refractivity contribution in [2.45, 2.75) is 21.5 Å². The lowest BCUT2D eigenvalue weighted by Gasteiger charge is -2.29. The summed E-state index contributed by atoms with van der Waals surface area (Å²) in [7, 11) is 0. The third-order valence-corrected chi connectivity index (χ3v) is 4.48. The second kappa shape index (κ2) is 5.54. The molecule has 0 nitrogen and oxygen atoms in total. The number of halogens is 5. The molecule has 1 aromatic carbocycles. The maximum Gasteiger partial charge on any atom is 0.227 e. The van der Waals surface area contributed by atoms with Crippen molar-refractivity contribution in [3.05, 3.63) is 41.8 Å². The maximum absolute atomic E-state index is 6.13. The molecule has 0 saturated carbocycles. The quantitative estimate of drug-likeness (QED) is 0.632. The monoisotopic (exact) mass is 317 g/mol. The van der Waals surface area contributed by atoms with Gasteiger partial charge in [-0.15, -0.1) is 0 Å². The number of hydrogen-bond acceptors (Lipinski definition) is 0. The molecule has 0 spiro atoms. The van der Waals surface area contributed by atoms with Crippen LogP contribution < -0.4 is 0 Å². The Morgan fingerprint density at radius 1 is 1.06 bits per heavy atom. The Balaban J connectivity index is 3.21. The fourth-order valence-electron chi connectivity index (χ4n) is 1.33. The molecule has 0 unspecified atom stereocenters. The van der Waals surface area contributed by atoms with Crippen LogP contribution in [0.5, 0.6) is 0 Å². The summed E-state index contributed by atoms with van der Waals surface area (Å²) >= 11 is 29.6. The topological polar surface area (TPSA) is 0 Å². The third-order valence-electron chi connectivity index (χ3n) is 2.08. The third kappa shape index (κ3) is 3.11. The summed E-state index contributed by atoms with van der Waals surface area (Å²) in [6.07, 6.45) is 2.83. The van der Waals surface area contributed by atoms with Crippen molar-refractivity contribution in [2.24, 2.45) is 0 Å². The van der Waals surface area contributed by atoms with Gasteiger partial charge in [-0.1, -0.05) is 89.2 Å². The summed E-state index contributed by atoms with van der Waals surface area (Å²) in [4.78, 5) is 0. The minimum Gasteiger partial charge on any atom is -0.0915 e. The molecule has 0 N–H and O–H groups in total. The first-order chi connectivity index (χ1) is 7.30. The van der Waals surface area contributed by atoms with E-state index in [1.807, 2.05) is 25.5 Å². The van der Waals surface area contributed by atoms with E-state index in [4.69, 9.17) is 58.0 Å². The van der Waals surface area contributed by atoms with Gasteiger partial charge in [-0.3, -0.25) is 0 Å². The molecule has 0 saturated heterocycles. The van der Waals surface area contributed by atoms with Gasteiger partial charge in [-0.25, -0.2) is 0 Å². The van der Waals surface area contributed by atoms with Crippen molar-refractivity contribution in [3.63, 3.8) is 0 Å². The van der Waals surface area contributed by atoms with Crippen molar-refractivity contribution < 1.29 is 0 Å². The first-order valence-corrected chi connectivity index (χ1v) is 6.57. The molecule has 1 radical (unpaired) electrons. The summed E-state index contributed by atoms with van der Waals surface area (Å²) in [5.41, 5.74) is 1.47. The zero-order valence-corrected chi connectivity index (χ0v) is 12.3. The second-order valence-corrected chi connectivity index (χ2v) is 6.88. The lowest BCUT2D eigenvalue weighted by Crippen LogP contribution is -2.29. The Hall–Kier alpha value is 0.670. The second-order valence-electron chi connectivity index (χ2n) is 3.27. The summed E-state index contributed by atoms with van der Waals surface area (Å²) in [5, 5.41) is 0. The largest absolute Gasteiger partial charge is 0.227 e. The molecular weight excluding hydrogens is 309 g/mol. The van der Waals surface area contributed by atoms with Crippen LogP contribution in [0.2, 0.25) is 0 Å². The minimum absolute atomic E-state index is 0.597. The van der Waals surface area contributed by atoms with E-state index < -0.39 is 8.13 Å². The van der Waals surface area contributed by atoms with Crippen LogP contribution in [0, 0.1) is 6.42 Å². The zero-order chi connectivity index (χ0) is 12.4. The van der Waals surface area contributed by atoms with Gasteiger partial charge in [0, 0.05) is 0 Å². The minimum atomic E-state index is -1.78.